The predicted molar refractivity (Wildman–Crippen MR) is 114 cm³/mol. The summed E-state index contributed by atoms with van der Waals surface area (Å²) in [4.78, 5) is 4.39. The largest absolute Gasteiger partial charge is 0.392 e. The third-order valence-electron chi connectivity index (χ3n) is 9.48. The summed E-state index contributed by atoms with van der Waals surface area (Å²) in [7, 11) is 0. The van der Waals surface area contributed by atoms with Crippen LogP contribution in [-0.2, 0) is 0 Å². The number of fused-ring (bicyclic) bond motifs is 5. The van der Waals surface area contributed by atoms with Crippen LogP contribution in [0.3, 0.4) is 0 Å². The van der Waals surface area contributed by atoms with Crippen molar-refractivity contribution in [2.45, 2.75) is 72.3 Å². The fraction of sp³-hybridized carbons (Fsp3) is 0.654. The summed E-state index contributed by atoms with van der Waals surface area (Å²) in [5, 5.41) is 10.7. The first-order chi connectivity index (χ1) is 13.3. The minimum Gasteiger partial charge on any atom is -0.392 e. The second-order valence-electron chi connectivity index (χ2n) is 11.0. The Morgan fingerprint density at radius 1 is 0.964 bits per heavy atom. The van der Waals surface area contributed by atoms with E-state index in [1.807, 2.05) is 6.20 Å². The van der Waals surface area contributed by atoms with Gasteiger partial charge in [-0.15, -0.1) is 0 Å². The van der Waals surface area contributed by atoms with Gasteiger partial charge in [-0.1, -0.05) is 51.5 Å². The summed E-state index contributed by atoms with van der Waals surface area (Å²) in [6.07, 6.45) is 15.9. The fourth-order valence-corrected chi connectivity index (χ4v) is 7.93. The van der Waals surface area contributed by atoms with Crippen LogP contribution in [0.5, 0.6) is 0 Å². The van der Waals surface area contributed by atoms with E-state index in [9.17, 15) is 5.11 Å². The lowest BCUT2D eigenvalue weighted by molar-refractivity contribution is -0.0583. The molecule has 0 amide bonds. The van der Waals surface area contributed by atoms with Gasteiger partial charge in [0, 0.05) is 17.8 Å². The van der Waals surface area contributed by atoms with Crippen LogP contribution in [0, 0.1) is 34.0 Å². The lowest BCUT2D eigenvalue weighted by Gasteiger charge is -2.61. The number of hydrogen-bond donors (Lipinski definition) is 1. The highest BCUT2D eigenvalue weighted by Gasteiger charge is 2.59. The van der Waals surface area contributed by atoms with Crippen molar-refractivity contribution in [1.82, 2.24) is 4.98 Å². The van der Waals surface area contributed by atoms with Gasteiger partial charge in [-0.25, -0.2) is 0 Å². The molecule has 28 heavy (non-hydrogen) atoms. The molecule has 0 aliphatic heterocycles. The molecule has 4 aliphatic carbocycles. The molecule has 0 bridgehead atoms. The molecular weight excluding hydrogens is 342 g/mol. The summed E-state index contributed by atoms with van der Waals surface area (Å²) in [5.74, 6) is 2.27. The highest BCUT2D eigenvalue weighted by molar-refractivity contribution is 5.72. The van der Waals surface area contributed by atoms with Crippen LogP contribution in [0.2, 0.25) is 0 Å². The monoisotopic (exact) mass is 377 g/mol. The van der Waals surface area contributed by atoms with E-state index in [1.165, 1.54) is 31.2 Å². The van der Waals surface area contributed by atoms with E-state index in [0.29, 0.717) is 0 Å². The van der Waals surface area contributed by atoms with E-state index < -0.39 is 0 Å². The number of aliphatic hydroxyl groups is 1. The fourth-order valence-electron chi connectivity index (χ4n) is 7.93. The summed E-state index contributed by atoms with van der Waals surface area (Å²) < 4.78 is 0. The molecule has 2 fully saturated rings. The molecule has 1 N–H and O–H groups in total. The quantitative estimate of drug-likeness (QED) is 0.606. The van der Waals surface area contributed by atoms with Gasteiger partial charge < -0.3 is 5.11 Å². The minimum absolute atomic E-state index is 0.0759. The average molecular weight is 378 g/mol. The third-order valence-corrected chi connectivity index (χ3v) is 9.48. The topological polar surface area (TPSA) is 33.1 Å². The standard InChI is InChI=1S/C26H35NO/c1-24(2)22-10-7-18-20-9-8-19(17-6-5-15-27-16-17)25(20,3)13-11-21(18)26(22,4)14-12-23(24)28/h5-6,8,10,15-16,18,20-21,23,28H,7,9,11-14H2,1-4H3/t18?,20?,21?,23?,25-,26-/m1/s1. The molecular formula is C26H35NO. The van der Waals surface area contributed by atoms with Crippen LogP contribution < -0.4 is 0 Å². The Labute approximate surface area is 170 Å². The number of hydrogen-bond acceptors (Lipinski definition) is 2. The van der Waals surface area contributed by atoms with Gasteiger partial charge in [0.05, 0.1) is 6.10 Å². The zero-order valence-electron chi connectivity index (χ0n) is 17.9. The van der Waals surface area contributed by atoms with Crippen molar-refractivity contribution in [3.63, 3.8) is 0 Å². The first-order valence-electron chi connectivity index (χ1n) is 11.3. The molecule has 1 heterocycles. The van der Waals surface area contributed by atoms with Crippen molar-refractivity contribution in [2.24, 2.45) is 34.0 Å². The van der Waals surface area contributed by atoms with E-state index in [0.717, 1.165) is 30.6 Å². The highest BCUT2D eigenvalue weighted by Crippen LogP contribution is 2.68. The Morgan fingerprint density at radius 2 is 1.75 bits per heavy atom. The van der Waals surface area contributed by atoms with Crippen molar-refractivity contribution < 1.29 is 5.11 Å². The smallest absolute Gasteiger partial charge is 0.0628 e. The van der Waals surface area contributed by atoms with Crippen molar-refractivity contribution in [2.75, 3.05) is 0 Å². The van der Waals surface area contributed by atoms with E-state index in [4.69, 9.17) is 0 Å². The Morgan fingerprint density at radius 3 is 2.50 bits per heavy atom. The van der Waals surface area contributed by atoms with Crippen LogP contribution >= 0.6 is 0 Å². The lowest BCUT2D eigenvalue weighted by atomic mass is 9.44. The van der Waals surface area contributed by atoms with Crippen molar-refractivity contribution in [3.05, 3.63) is 47.8 Å². The zero-order valence-corrected chi connectivity index (χ0v) is 17.9. The molecule has 4 aliphatic rings. The summed E-state index contributed by atoms with van der Waals surface area (Å²) in [5.41, 5.74) is 4.91. The molecule has 6 atom stereocenters. The van der Waals surface area contributed by atoms with Gasteiger partial charge in [0.1, 0.15) is 0 Å². The van der Waals surface area contributed by atoms with Crippen LogP contribution in [0.4, 0.5) is 0 Å². The molecule has 0 spiro atoms. The molecule has 2 saturated carbocycles. The first kappa shape index (κ1) is 18.6. The number of aromatic nitrogens is 1. The minimum atomic E-state index is -0.192. The number of rotatable bonds is 1. The number of nitrogens with zero attached hydrogens (tertiary/aromatic N) is 1. The Balaban J connectivity index is 1.50. The van der Waals surface area contributed by atoms with Crippen molar-refractivity contribution >= 4 is 5.57 Å². The molecule has 2 heteroatoms. The SMILES string of the molecule is CC1(C)C2=CCC3C(CC[C@]4(C)C(c5cccnc5)=CCC34)[C@@]2(C)CCC1O. The van der Waals surface area contributed by atoms with Gasteiger partial charge in [-0.2, -0.15) is 0 Å². The summed E-state index contributed by atoms with van der Waals surface area (Å²) in [6.45, 7) is 9.59. The average Bonchev–Trinajstić information content (AvgIpc) is 3.03. The molecule has 2 nitrogen and oxygen atoms in total. The normalized spacial score (nSPS) is 44.0. The molecule has 150 valence electrons. The number of allylic oxidation sites excluding steroid dienone is 3. The van der Waals surface area contributed by atoms with Crippen LogP contribution in [-0.4, -0.2) is 16.2 Å². The molecule has 1 aromatic rings. The molecule has 5 rings (SSSR count). The number of aliphatic hydroxyl groups excluding tert-OH is 1. The molecule has 0 aromatic carbocycles. The molecule has 1 aromatic heterocycles. The van der Waals surface area contributed by atoms with Crippen LogP contribution in [0.25, 0.3) is 5.57 Å². The van der Waals surface area contributed by atoms with Crippen LogP contribution in [0.15, 0.2) is 42.3 Å². The third kappa shape index (κ3) is 2.33. The Hall–Kier alpha value is -1.41. The maximum Gasteiger partial charge on any atom is 0.0628 e. The zero-order chi connectivity index (χ0) is 19.7. The Kier molecular flexibility index (Phi) is 4.02. The summed E-state index contributed by atoms with van der Waals surface area (Å²) in [6, 6.07) is 4.31. The van der Waals surface area contributed by atoms with E-state index >= 15 is 0 Å². The second-order valence-corrected chi connectivity index (χ2v) is 11.0. The van der Waals surface area contributed by atoms with Gasteiger partial charge in [-0.05, 0) is 84.3 Å². The van der Waals surface area contributed by atoms with Gasteiger partial charge in [-0.3, -0.25) is 4.98 Å². The van der Waals surface area contributed by atoms with E-state index in [1.54, 1.807) is 11.1 Å². The number of pyridine rings is 1. The predicted octanol–water partition coefficient (Wildman–Crippen LogP) is 6.03. The maximum atomic E-state index is 10.7. The van der Waals surface area contributed by atoms with E-state index in [-0.39, 0.29) is 22.3 Å². The van der Waals surface area contributed by atoms with Crippen LogP contribution in [0.1, 0.15) is 71.8 Å². The van der Waals surface area contributed by atoms with Crippen molar-refractivity contribution in [1.29, 1.82) is 0 Å². The molecule has 0 radical (unpaired) electrons. The van der Waals surface area contributed by atoms with Gasteiger partial charge in [0.25, 0.3) is 0 Å². The molecule has 4 unspecified atom stereocenters. The maximum absolute atomic E-state index is 10.7. The lowest BCUT2D eigenvalue weighted by Crippen LogP contribution is -2.54. The highest BCUT2D eigenvalue weighted by atomic mass is 16.3. The Bertz CT molecular complexity index is 837. The van der Waals surface area contributed by atoms with Crippen molar-refractivity contribution in [3.8, 4) is 0 Å². The van der Waals surface area contributed by atoms with Gasteiger partial charge in [0.2, 0.25) is 0 Å². The van der Waals surface area contributed by atoms with Gasteiger partial charge in [0.15, 0.2) is 0 Å². The van der Waals surface area contributed by atoms with Gasteiger partial charge >= 0.3 is 0 Å². The second kappa shape index (κ2) is 6.05. The van der Waals surface area contributed by atoms with E-state index in [2.05, 4.69) is 63.2 Å². The molecule has 0 saturated heterocycles. The first-order valence-corrected chi connectivity index (χ1v) is 11.3. The summed E-state index contributed by atoms with van der Waals surface area (Å²) >= 11 is 0.